The number of pyridine rings is 1. The molecule has 4 rings (SSSR count). The second-order valence-electron chi connectivity index (χ2n) is 7.83. The Balaban J connectivity index is 1.48. The van der Waals surface area contributed by atoms with Crippen molar-refractivity contribution in [3.8, 4) is 11.1 Å². The number of morpholine rings is 1. The van der Waals surface area contributed by atoms with Gasteiger partial charge in [-0.15, -0.1) is 0 Å². The molecule has 0 radical (unpaired) electrons. The highest BCUT2D eigenvalue weighted by Gasteiger charge is 2.29. The number of hydrogen-bond donors (Lipinski definition) is 0. The molecule has 2 saturated heterocycles. The fraction of sp³-hybridized carbons (Fsp3) is 0.478. The number of piperidine rings is 1. The molecule has 1 amide bonds. The minimum atomic E-state index is 0.163. The third-order valence-corrected chi connectivity index (χ3v) is 5.92. The lowest BCUT2D eigenvalue weighted by atomic mass is 9.98. The Morgan fingerprint density at radius 1 is 1.11 bits per heavy atom. The monoisotopic (exact) mass is 379 g/mol. The SMILES string of the molecule is Cc1cnccc1-c1ccc(C(=O)N2CCCCC2CN2CCOCC2)cc1. The van der Waals surface area contributed by atoms with Crippen LogP contribution in [0.1, 0.15) is 35.2 Å². The van der Waals surface area contributed by atoms with Crippen LogP contribution in [0.5, 0.6) is 0 Å². The maximum absolute atomic E-state index is 13.2. The summed E-state index contributed by atoms with van der Waals surface area (Å²) >= 11 is 0. The summed E-state index contributed by atoms with van der Waals surface area (Å²) in [7, 11) is 0. The summed E-state index contributed by atoms with van der Waals surface area (Å²) in [4.78, 5) is 21.9. The number of aryl methyl sites for hydroxylation is 1. The van der Waals surface area contributed by atoms with E-state index in [2.05, 4.69) is 33.8 Å². The highest BCUT2D eigenvalue weighted by atomic mass is 16.5. The molecule has 28 heavy (non-hydrogen) atoms. The van der Waals surface area contributed by atoms with Crippen molar-refractivity contribution in [2.75, 3.05) is 39.4 Å². The molecule has 1 atom stereocenters. The van der Waals surface area contributed by atoms with Gasteiger partial charge in [-0.25, -0.2) is 0 Å². The Morgan fingerprint density at radius 2 is 1.89 bits per heavy atom. The maximum atomic E-state index is 13.2. The molecule has 1 unspecified atom stereocenters. The van der Waals surface area contributed by atoms with E-state index >= 15 is 0 Å². The van der Waals surface area contributed by atoms with Gasteiger partial charge in [-0.1, -0.05) is 12.1 Å². The third kappa shape index (κ3) is 4.26. The lowest BCUT2D eigenvalue weighted by molar-refractivity contribution is 0.0166. The number of likely N-dealkylation sites (tertiary alicyclic amines) is 1. The van der Waals surface area contributed by atoms with Crippen LogP contribution in [0.3, 0.4) is 0 Å². The van der Waals surface area contributed by atoms with E-state index in [1.165, 1.54) is 6.42 Å². The molecule has 0 bridgehead atoms. The van der Waals surface area contributed by atoms with E-state index in [0.717, 1.165) is 74.5 Å². The van der Waals surface area contributed by atoms with Gasteiger partial charge in [-0.3, -0.25) is 14.7 Å². The van der Waals surface area contributed by atoms with Crippen molar-refractivity contribution in [3.05, 3.63) is 53.9 Å². The summed E-state index contributed by atoms with van der Waals surface area (Å²) in [5.41, 5.74) is 4.21. The van der Waals surface area contributed by atoms with Crippen LogP contribution in [-0.4, -0.2) is 66.1 Å². The smallest absolute Gasteiger partial charge is 0.254 e. The first-order chi connectivity index (χ1) is 13.7. The Hall–Kier alpha value is -2.24. The molecule has 0 saturated carbocycles. The van der Waals surface area contributed by atoms with E-state index < -0.39 is 0 Å². The van der Waals surface area contributed by atoms with E-state index in [9.17, 15) is 4.79 Å². The van der Waals surface area contributed by atoms with E-state index in [-0.39, 0.29) is 5.91 Å². The van der Waals surface area contributed by atoms with Crippen LogP contribution in [0.4, 0.5) is 0 Å². The minimum absolute atomic E-state index is 0.163. The highest BCUT2D eigenvalue weighted by molar-refractivity contribution is 5.95. The fourth-order valence-electron chi connectivity index (χ4n) is 4.29. The molecule has 1 aromatic carbocycles. The van der Waals surface area contributed by atoms with Crippen molar-refractivity contribution >= 4 is 5.91 Å². The zero-order valence-electron chi connectivity index (χ0n) is 16.6. The van der Waals surface area contributed by atoms with Crippen LogP contribution in [0.15, 0.2) is 42.7 Å². The lowest BCUT2D eigenvalue weighted by Crippen LogP contribution is -2.51. The number of aromatic nitrogens is 1. The van der Waals surface area contributed by atoms with Gasteiger partial charge in [0.1, 0.15) is 0 Å². The van der Waals surface area contributed by atoms with Gasteiger partial charge < -0.3 is 9.64 Å². The Morgan fingerprint density at radius 3 is 2.64 bits per heavy atom. The summed E-state index contributed by atoms with van der Waals surface area (Å²) in [6.07, 6.45) is 7.08. The van der Waals surface area contributed by atoms with Gasteiger partial charge in [-0.2, -0.15) is 0 Å². The van der Waals surface area contributed by atoms with Crippen molar-refractivity contribution in [2.24, 2.45) is 0 Å². The normalized spacial score (nSPS) is 20.9. The summed E-state index contributed by atoms with van der Waals surface area (Å²) in [6.45, 7) is 7.43. The molecule has 0 aliphatic carbocycles. The number of carbonyl (C=O) groups excluding carboxylic acids is 1. The number of benzene rings is 1. The fourth-order valence-corrected chi connectivity index (χ4v) is 4.29. The van der Waals surface area contributed by atoms with Crippen molar-refractivity contribution in [1.29, 1.82) is 0 Å². The van der Waals surface area contributed by atoms with Gasteiger partial charge in [0.2, 0.25) is 0 Å². The topological polar surface area (TPSA) is 45.7 Å². The number of amides is 1. The second-order valence-corrected chi connectivity index (χ2v) is 7.83. The first-order valence-corrected chi connectivity index (χ1v) is 10.3. The predicted molar refractivity (Wildman–Crippen MR) is 110 cm³/mol. The lowest BCUT2D eigenvalue weighted by Gasteiger charge is -2.39. The molecule has 2 aromatic rings. The summed E-state index contributed by atoms with van der Waals surface area (Å²) in [5.74, 6) is 0.163. The van der Waals surface area contributed by atoms with E-state index in [4.69, 9.17) is 4.74 Å². The Bertz CT molecular complexity index is 800. The molecule has 2 aliphatic rings. The largest absolute Gasteiger partial charge is 0.379 e. The molecule has 5 heteroatoms. The van der Waals surface area contributed by atoms with Crippen LogP contribution >= 0.6 is 0 Å². The Labute approximate surface area is 167 Å². The number of rotatable bonds is 4. The molecule has 2 aliphatic heterocycles. The van der Waals surface area contributed by atoms with Crippen LogP contribution in [-0.2, 0) is 4.74 Å². The van der Waals surface area contributed by atoms with Crippen molar-refractivity contribution in [2.45, 2.75) is 32.2 Å². The van der Waals surface area contributed by atoms with Crippen LogP contribution in [0.2, 0.25) is 0 Å². The molecule has 0 spiro atoms. The first-order valence-electron chi connectivity index (χ1n) is 10.3. The average molecular weight is 380 g/mol. The van der Waals surface area contributed by atoms with Crippen LogP contribution in [0.25, 0.3) is 11.1 Å². The van der Waals surface area contributed by atoms with Gasteiger partial charge in [0.05, 0.1) is 13.2 Å². The summed E-state index contributed by atoms with van der Waals surface area (Å²) in [6, 6.07) is 10.4. The number of nitrogens with zero attached hydrogens (tertiary/aromatic N) is 3. The minimum Gasteiger partial charge on any atom is -0.379 e. The van der Waals surface area contributed by atoms with Gasteiger partial charge in [0.15, 0.2) is 0 Å². The first kappa shape index (κ1) is 19.1. The van der Waals surface area contributed by atoms with Gasteiger partial charge in [-0.05, 0) is 61.1 Å². The molecule has 5 nitrogen and oxygen atoms in total. The van der Waals surface area contributed by atoms with Crippen molar-refractivity contribution < 1.29 is 9.53 Å². The second kappa shape index (κ2) is 8.84. The number of carbonyl (C=O) groups is 1. The zero-order valence-corrected chi connectivity index (χ0v) is 16.6. The van der Waals surface area contributed by atoms with Gasteiger partial charge in [0.25, 0.3) is 5.91 Å². The third-order valence-electron chi connectivity index (χ3n) is 5.92. The van der Waals surface area contributed by atoms with E-state index in [1.54, 1.807) is 0 Å². The Kier molecular flexibility index (Phi) is 6.03. The van der Waals surface area contributed by atoms with Gasteiger partial charge in [0, 0.05) is 50.2 Å². The van der Waals surface area contributed by atoms with Crippen molar-refractivity contribution in [3.63, 3.8) is 0 Å². The molecule has 3 heterocycles. The molecular formula is C23H29N3O2. The van der Waals surface area contributed by atoms with Crippen molar-refractivity contribution in [1.82, 2.24) is 14.8 Å². The molecule has 0 N–H and O–H groups in total. The zero-order chi connectivity index (χ0) is 19.3. The predicted octanol–water partition coefficient (Wildman–Crippen LogP) is 3.38. The molecule has 1 aromatic heterocycles. The quantitative estimate of drug-likeness (QED) is 0.817. The maximum Gasteiger partial charge on any atom is 0.254 e. The molecule has 148 valence electrons. The van der Waals surface area contributed by atoms with E-state index in [0.29, 0.717) is 6.04 Å². The molecular weight excluding hydrogens is 350 g/mol. The molecule has 2 fully saturated rings. The number of ether oxygens (including phenoxy) is 1. The standard InChI is InChI=1S/C23H29N3O2/c1-18-16-24-10-9-22(18)19-5-7-20(8-6-19)23(27)26-11-3-2-4-21(26)17-25-12-14-28-15-13-25/h5-10,16,21H,2-4,11-15,17H2,1H3. The van der Waals surface area contributed by atoms with E-state index in [1.807, 2.05) is 30.6 Å². The average Bonchev–Trinajstić information content (AvgIpc) is 2.75. The number of hydrogen-bond acceptors (Lipinski definition) is 4. The summed E-state index contributed by atoms with van der Waals surface area (Å²) in [5, 5.41) is 0. The highest BCUT2D eigenvalue weighted by Crippen LogP contribution is 2.25. The summed E-state index contributed by atoms with van der Waals surface area (Å²) < 4.78 is 5.46. The van der Waals surface area contributed by atoms with Gasteiger partial charge >= 0.3 is 0 Å². The van der Waals surface area contributed by atoms with Crippen LogP contribution < -0.4 is 0 Å². The van der Waals surface area contributed by atoms with Crippen LogP contribution in [0, 0.1) is 6.92 Å².